The van der Waals surface area contributed by atoms with Gasteiger partial charge in [0.2, 0.25) is 5.91 Å². The Morgan fingerprint density at radius 1 is 0.412 bits per heavy atom. The second-order valence-electron chi connectivity index (χ2n) is 20.7. The molecule has 0 radical (unpaired) electrons. The Balaban J connectivity index is 3.41. The monoisotopic (exact) mass is 956 g/mol. The number of allylic oxidation sites excluding steroid dienone is 5. The molecule has 0 aromatic rings. The Hall–Kier alpha value is -1.92. The minimum Gasteiger partial charge on any atom is -0.466 e. The second-order valence-corrected chi connectivity index (χ2v) is 20.7. The first kappa shape index (κ1) is 66.1. The van der Waals surface area contributed by atoms with Crippen molar-refractivity contribution in [1.82, 2.24) is 5.32 Å². The lowest BCUT2D eigenvalue weighted by molar-refractivity contribution is -0.143. The average molecular weight is 957 g/mol. The fraction of sp³-hybridized carbons (Fsp3) is 0.871. The van der Waals surface area contributed by atoms with Gasteiger partial charge >= 0.3 is 5.97 Å². The van der Waals surface area contributed by atoms with Crippen LogP contribution in [-0.4, -0.2) is 47.4 Å². The topological polar surface area (TPSA) is 95.9 Å². The van der Waals surface area contributed by atoms with E-state index in [0.717, 1.165) is 51.4 Å². The van der Waals surface area contributed by atoms with E-state index in [4.69, 9.17) is 4.74 Å². The SMILES string of the molecule is CCCCCC/C=C\C/C=C\CCCCCCCC(=O)OCCCCCCCCCCCCCCCCCCCCCCCC(=O)NC(CO)C(O)/C=C/CCCCCCCCCCCCCC. The van der Waals surface area contributed by atoms with Crippen LogP contribution < -0.4 is 5.32 Å². The highest BCUT2D eigenvalue weighted by molar-refractivity contribution is 5.76. The molecule has 0 aliphatic rings. The van der Waals surface area contributed by atoms with Crippen LogP contribution in [0.2, 0.25) is 0 Å². The zero-order valence-electron chi connectivity index (χ0n) is 45.6. The molecule has 0 spiro atoms. The highest BCUT2D eigenvalue weighted by Crippen LogP contribution is 2.17. The van der Waals surface area contributed by atoms with Crippen LogP contribution in [0.15, 0.2) is 36.5 Å². The standard InChI is InChI=1S/C62H117NO5/c1-3-5-7-9-11-13-15-17-19-28-32-36-40-44-48-52-56-62(67)68-57-53-49-45-41-37-33-29-26-24-22-20-21-23-25-27-31-35-39-43-47-51-55-61(66)63-59(58-64)60(65)54-50-46-42-38-34-30-18-16-14-12-10-8-6-4-2/h13,15,19,28,50,54,59-60,64-65H,3-12,14,16-18,20-27,29-49,51-53,55-58H2,1-2H3,(H,63,66)/b15-13-,28-19-,54-50+. The fourth-order valence-electron chi connectivity index (χ4n) is 9.25. The van der Waals surface area contributed by atoms with Gasteiger partial charge in [0.1, 0.15) is 0 Å². The number of aliphatic hydroxyl groups is 2. The zero-order valence-corrected chi connectivity index (χ0v) is 45.6. The third-order valence-electron chi connectivity index (χ3n) is 13.9. The minimum atomic E-state index is -0.845. The quantitative estimate of drug-likeness (QED) is 0.0321. The molecule has 0 aromatic heterocycles. The average Bonchev–Trinajstić information content (AvgIpc) is 3.34. The highest BCUT2D eigenvalue weighted by atomic mass is 16.5. The number of aliphatic hydroxyl groups excluding tert-OH is 2. The van der Waals surface area contributed by atoms with Crippen molar-refractivity contribution < 1.29 is 24.5 Å². The van der Waals surface area contributed by atoms with Crippen LogP contribution in [0.1, 0.15) is 322 Å². The lowest BCUT2D eigenvalue weighted by atomic mass is 10.0. The van der Waals surface area contributed by atoms with E-state index in [1.54, 1.807) is 6.08 Å². The van der Waals surface area contributed by atoms with Crippen molar-refractivity contribution >= 4 is 11.9 Å². The molecule has 0 bridgehead atoms. The Kier molecular flexibility index (Phi) is 56.0. The van der Waals surface area contributed by atoms with Crippen LogP contribution in [-0.2, 0) is 14.3 Å². The van der Waals surface area contributed by atoms with Crippen LogP contribution in [0.3, 0.4) is 0 Å². The fourth-order valence-corrected chi connectivity index (χ4v) is 9.25. The first-order chi connectivity index (χ1) is 33.5. The van der Waals surface area contributed by atoms with E-state index >= 15 is 0 Å². The number of unbranched alkanes of at least 4 members (excludes halogenated alkanes) is 41. The van der Waals surface area contributed by atoms with E-state index < -0.39 is 12.1 Å². The number of nitrogens with one attached hydrogen (secondary N) is 1. The summed E-state index contributed by atoms with van der Waals surface area (Å²) in [5.74, 6) is -0.0708. The maximum Gasteiger partial charge on any atom is 0.305 e. The lowest BCUT2D eigenvalue weighted by Crippen LogP contribution is -2.45. The van der Waals surface area contributed by atoms with Gasteiger partial charge in [0.15, 0.2) is 0 Å². The molecule has 0 fully saturated rings. The van der Waals surface area contributed by atoms with Crippen molar-refractivity contribution in [3.63, 3.8) is 0 Å². The van der Waals surface area contributed by atoms with Gasteiger partial charge in [-0.1, -0.05) is 281 Å². The van der Waals surface area contributed by atoms with Gasteiger partial charge in [-0.15, -0.1) is 0 Å². The summed E-state index contributed by atoms with van der Waals surface area (Å²) >= 11 is 0. The summed E-state index contributed by atoms with van der Waals surface area (Å²) in [4.78, 5) is 24.5. The zero-order chi connectivity index (χ0) is 49.3. The van der Waals surface area contributed by atoms with E-state index in [1.165, 1.54) is 244 Å². The van der Waals surface area contributed by atoms with Crippen molar-refractivity contribution in [1.29, 1.82) is 0 Å². The molecule has 6 nitrogen and oxygen atoms in total. The number of hydrogen-bond acceptors (Lipinski definition) is 5. The predicted octanol–water partition coefficient (Wildman–Crippen LogP) is 18.8. The summed E-state index contributed by atoms with van der Waals surface area (Å²) in [6, 6.07) is -0.628. The molecule has 2 unspecified atom stereocenters. The number of carbonyl (C=O) groups excluding carboxylic acids is 2. The van der Waals surface area contributed by atoms with E-state index in [-0.39, 0.29) is 18.5 Å². The molecular formula is C62H117NO5. The third kappa shape index (κ3) is 53.4. The summed E-state index contributed by atoms with van der Waals surface area (Å²) in [6.45, 7) is 4.88. The Morgan fingerprint density at radius 3 is 1.13 bits per heavy atom. The minimum absolute atomic E-state index is 0.00216. The summed E-state index contributed by atoms with van der Waals surface area (Å²) < 4.78 is 5.48. The van der Waals surface area contributed by atoms with Crippen molar-refractivity contribution in [3.8, 4) is 0 Å². The molecule has 68 heavy (non-hydrogen) atoms. The van der Waals surface area contributed by atoms with Gasteiger partial charge in [-0.05, 0) is 64.2 Å². The smallest absolute Gasteiger partial charge is 0.305 e. The van der Waals surface area contributed by atoms with Gasteiger partial charge in [0.25, 0.3) is 0 Å². The second kappa shape index (κ2) is 57.7. The van der Waals surface area contributed by atoms with Crippen LogP contribution in [0.5, 0.6) is 0 Å². The van der Waals surface area contributed by atoms with Gasteiger partial charge in [-0.3, -0.25) is 9.59 Å². The molecule has 3 N–H and O–H groups in total. The number of esters is 1. The lowest BCUT2D eigenvalue weighted by Gasteiger charge is -2.20. The van der Waals surface area contributed by atoms with Crippen LogP contribution >= 0.6 is 0 Å². The third-order valence-corrected chi connectivity index (χ3v) is 13.9. The highest BCUT2D eigenvalue weighted by Gasteiger charge is 2.18. The van der Waals surface area contributed by atoms with E-state index in [2.05, 4.69) is 43.5 Å². The molecule has 0 saturated heterocycles. The summed E-state index contributed by atoms with van der Waals surface area (Å²) in [5, 5.41) is 23.1. The summed E-state index contributed by atoms with van der Waals surface area (Å²) in [6.07, 6.45) is 71.7. The first-order valence-corrected chi connectivity index (χ1v) is 30.3. The van der Waals surface area contributed by atoms with Crippen LogP contribution in [0, 0.1) is 0 Å². The molecule has 0 saturated carbocycles. The normalized spacial score (nSPS) is 12.8. The molecule has 2 atom stereocenters. The molecule has 400 valence electrons. The molecule has 0 aliphatic heterocycles. The van der Waals surface area contributed by atoms with E-state index in [1.807, 2.05) is 6.08 Å². The maximum atomic E-state index is 12.5. The van der Waals surface area contributed by atoms with Crippen molar-refractivity contribution in [3.05, 3.63) is 36.5 Å². The summed E-state index contributed by atoms with van der Waals surface area (Å²) in [7, 11) is 0. The number of ether oxygens (including phenoxy) is 1. The number of carbonyl (C=O) groups is 2. The molecular weight excluding hydrogens is 839 g/mol. The molecule has 0 heterocycles. The largest absolute Gasteiger partial charge is 0.466 e. The van der Waals surface area contributed by atoms with Crippen molar-refractivity contribution in [2.45, 2.75) is 334 Å². The molecule has 0 rings (SSSR count). The predicted molar refractivity (Wildman–Crippen MR) is 296 cm³/mol. The van der Waals surface area contributed by atoms with Crippen LogP contribution in [0.25, 0.3) is 0 Å². The van der Waals surface area contributed by atoms with E-state index in [0.29, 0.717) is 19.4 Å². The summed E-state index contributed by atoms with van der Waals surface area (Å²) in [5.41, 5.74) is 0. The van der Waals surface area contributed by atoms with Gasteiger partial charge in [0.05, 0.1) is 25.4 Å². The van der Waals surface area contributed by atoms with Gasteiger partial charge in [0, 0.05) is 12.8 Å². The maximum absolute atomic E-state index is 12.5. The number of hydrogen-bond donors (Lipinski definition) is 3. The van der Waals surface area contributed by atoms with E-state index in [9.17, 15) is 19.8 Å². The molecule has 6 heteroatoms. The van der Waals surface area contributed by atoms with Gasteiger partial charge in [-0.2, -0.15) is 0 Å². The molecule has 1 amide bonds. The van der Waals surface area contributed by atoms with Crippen LogP contribution in [0.4, 0.5) is 0 Å². The molecule has 0 aliphatic carbocycles. The van der Waals surface area contributed by atoms with Crippen molar-refractivity contribution in [2.24, 2.45) is 0 Å². The van der Waals surface area contributed by atoms with Gasteiger partial charge < -0.3 is 20.3 Å². The first-order valence-electron chi connectivity index (χ1n) is 30.3. The van der Waals surface area contributed by atoms with Crippen molar-refractivity contribution in [2.75, 3.05) is 13.2 Å². The Labute approximate surface area is 424 Å². The Bertz CT molecular complexity index is 1100. The number of rotatable bonds is 56. The number of amides is 1. The van der Waals surface area contributed by atoms with Gasteiger partial charge in [-0.25, -0.2) is 0 Å². The Morgan fingerprint density at radius 2 is 0.735 bits per heavy atom. The molecule has 0 aromatic carbocycles.